The summed E-state index contributed by atoms with van der Waals surface area (Å²) < 4.78 is 8.79. The van der Waals surface area contributed by atoms with E-state index in [-0.39, 0.29) is 0 Å². The normalized spacial score (nSPS) is 21.0. The molecule has 0 bridgehead atoms. The summed E-state index contributed by atoms with van der Waals surface area (Å²) >= 11 is 0. The highest BCUT2D eigenvalue weighted by atomic mass is 16.5. The standard InChI is InChI=1S/C22H28N6O3/c29-21-4-5-27(22(30)24-21)20-13-23-28-6-3-17(12-19(20)28)14-25-7-9-26(10-8-25)15-18-2-1-11-31-16-18/h3-6,12-13,18H,1-2,7-11,14-16H2,(H,24,29,30). The molecule has 0 amide bonds. The van der Waals surface area contributed by atoms with Crippen molar-refractivity contribution in [2.45, 2.75) is 19.4 Å². The number of hydrogen-bond donors (Lipinski definition) is 1. The molecule has 5 heterocycles. The zero-order valence-corrected chi connectivity index (χ0v) is 17.6. The van der Waals surface area contributed by atoms with Gasteiger partial charge in [0.15, 0.2) is 0 Å². The zero-order valence-electron chi connectivity index (χ0n) is 17.6. The van der Waals surface area contributed by atoms with Crippen molar-refractivity contribution in [3.63, 3.8) is 0 Å². The van der Waals surface area contributed by atoms with Crippen LogP contribution in [0.2, 0.25) is 0 Å². The van der Waals surface area contributed by atoms with E-state index in [1.807, 2.05) is 6.20 Å². The number of nitrogens with one attached hydrogen (secondary N) is 1. The molecule has 9 heteroatoms. The fraction of sp³-hybridized carbons (Fsp3) is 0.500. The molecule has 2 aliphatic rings. The lowest BCUT2D eigenvalue weighted by molar-refractivity contribution is 0.0279. The van der Waals surface area contributed by atoms with Gasteiger partial charge in [-0.05, 0) is 36.5 Å². The summed E-state index contributed by atoms with van der Waals surface area (Å²) in [5.41, 5.74) is 1.80. The van der Waals surface area contributed by atoms with Gasteiger partial charge in [-0.1, -0.05) is 0 Å². The summed E-state index contributed by atoms with van der Waals surface area (Å²) in [6.45, 7) is 8.10. The molecule has 3 aromatic heterocycles. The lowest BCUT2D eigenvalue weighted by Crippen LogP contribution is -2.48. The predicted molar refractivity (Wildman–Crippen MR) is 117 cm³/mol. The van der Waals surface area contributed by atoms with Crippen molar-refractivity contribution < 1.29 is 4.74 Å². The van der Waals surface area contributed by atoms with Crippen LogP contribution >= 0.6 is 0 Å². The van der Waals surface area contributed by atoms with Crippen molar-refractivity contribution >= 4 is 5.52 Å². The van der Waals surface area contributed by atoms with E-state index in [0.29, 0.717) is 11.6 Å². The SMILES string of the molecule is O=c1ccn(-c2cnn3ccc(CN4CCN(CC5CCCOC5)CC4)cc23)c(=O)[nH]1. The fourth-order valence-corrected chi connectivity index (χ4v) is 4.61. The van der Waals surface area contributed by atoms with E-state index in [1.54, 1.807) is 10.7 Å². The monoisotopic (exact) mass is 424 g/mol. The molecule has 3 aromatic rings. The van der Waals surface area contributed by atoms with Gasteiger partial charge in [0.25, 0.3) is 5.56 Å². The first kappa shape index (κ1) is 20.2. The third kappa shape index (κ3) is 4.48. The first-order valence-electron chi connectivity index (χ1n) is 11.0. The third-order valence-electron chi connectivity index (χ3n) is 6.29. The van der Waals surface area contributed by atoms with Gasteiger partial charge in [-0.25, -0.2) is 9.31 Å². The molecule has 31 heavy (non-hydrogen) atoms. The Bertz CT molecular complexity index is 1150. The van der Waals surface area contributed by atoms with Crippen molar-refractivity contribution in [1.29, 1.82) is 0 Å². The van der Waals surface area contributed by atoms with Gasteiger partial charge in [-0.2, -0.15) is 5.10 Å². The molecule has 0 aliphatic carbocycles. The summed E-state index contributed by atoms with van der Waals surface area (Å²) in [7, 11) is 0. The highest BCUT2D eigenvalue weighted by Gasteiger charge is 2.22. The van der Waals surface area contributed by atoms with E-state index in [4.69, 9.17) is 4.74 Å². The van der Waals surface area contributed by atoms with Gasteiger partial charge in [0.1, 0.15) is 0 Å². The van der Waals surface area contributed by atoms with Crippen LogP contribution in [0.1, 0.15) is 18.4 Å². The van der Waals surface area contributed by atoms with Crippen LogP contribution in [-0.2, 0) is 11.3 Å². The maximum atomic E-state index is 12.2. The van der Waals surface area contributed by atoms with Crippen molar-refractivity contribution in [1.82, 2.24) is 29.0 Å². The molecule has 0 radical (unpaired) electrons. The number of fused-ring (bicyclic) bond motifs is 1. The van der Waals surface area contributed by atoms with E-state index >= 15 is 0 Å². The average Bonchev–Trinajstić information content (AvgIpc) is 3.19. The number of aromatic nitrogens is 4. The predicted octanol–water partition coefficient (Wildman–Crippen LogP) is 0.718. The summed E-state index contributed by atoms with van der Waals surface area (Å²) in [4.78, 5) is 30.9. The molecule has 1 unspecified atom stereocenters. The number of aromatic amines is 1. The van der Waals surface area contributed by atoms with E-state index in [9.17, 15) is 9.59 Å². The summed E-state index contributed by atoms with van der Waals surface area (Å²) in [5.74, 6) is 0.680. The Kier molecular flexibility index (Phi) is 5.71. The molecule has 5 rings (SSSR count). The molecule has 0 aromatic carbocycles. The highest BCUT2D eigenvalue weighted by Crippen LogP contribution is 2.19. The van der Waals surface area contributed by atoms with E-state index in [1.165, 1.54) is 35.2 Å². The topological polar surface area (TPSA) is 87.9 Å². The van der Waals surface area contributed by atoms with Crippen molar-refractivity contribution in [2.24, 2.45) is 5.92 Å². The van der Waals surface area contributed by atoms with Crippen LogP contribution in [0.4, 0.5) is 0 Å². The molecular weight excluding hydrogens is 396 g/mol. The van der Waals surface area contributed by atoms with Gasteiger partial charge >= 0.3 is 5.69 Å². The molecule has 2 saturated heterocycles. The molecule has 9 nitrogen and oxygen atoms in total. The lowest BCUT2D eigenvalue weighted by atomic mass is 10.0. The second-order valence-electron chi connectivity index (χ2n) is 8.53. The number of H-pyrrole nitrogens is 1. The highest BCUT2D eigenvalue weighted by molar-refractivity contribution is 5.64. The fourth-order valence-electron chi connectivity index (χ4n) is 4.61. The average molecular weight is 425 g/mol. The smallest absolute Gasteiger partial charge is 0.333 e. The van der Waals surface area contributed by atoms with Crippen molar-refractivity contribution in [3.8, 4) is 5.69 Å². The summed E-state index contributed by atoms with van der Waals surface area (Å²) in [6.07, 6.45) is 7.53. The van der Waals surface area contributed by atoms with E-state index in [0.717, 1.165) is 58.0 Å². The van der Waals surface area contributed by atoms with Gasteiger partial charge in [-0.15, -0.1) is 0 Å². The first-order chi connectivity index (χ1) is 15.2. The molecule has 1 atom stereocenters. The first-order valence-corrected chi connectivity index (χ1v) is 11.0. The van der Waals surface area contributed by atoms with Gasteiger partial charge < -0.3 is 9.64 Å². The third-order valence-corrected chi connectivity index (χ3v) is 6.29. The molecule has 0 saturated carbocycles. The Morgan fingerprint density at radius 3 is 2.71 bits per heavy atom. The largest absolute Gasteiger partial charge is 0.381 e. The van der Waals surface area contributed by atoms with Crippen LogP contribution in [0.3, 0.4) is 0 Å². The number of ether oxygens (including phenoxy) is 1. The number of nitrogens with zero attached hydrogens (tertiary/aromatic N) is 5. The van der Waals surface area contributed by atoms with E-state index in [2.05, 4.69) is 32.0 Å². The van der Waals surface area contributed by atoms with Crippen LogP contribution in [0.5, 0.6) is 0 Å². The summed E-state index contributed by atoms with van der Waals surface area (Å²) in [5, 5.41) is 4.35. The molecular formula is C22H28N6O3. The number of piperazine rings is 1. The Morgan fingerprint density at radius 1 is 1.10 bits per heavy atom. The minimum Gasteiger partial charge on any atom is -0.381 e. The maximum Gasteiger partial charge on any atom is 0.333 e. The second kappa shape index (κ2) is 8.78. The van der Waals surface area contributed by atoms with Gasteiger partial charge in [-0.3, -0.25) is 19.2 Å². The van der Waals surface area contributed by atoms with Crippen LogP contribution in [0.25, 0.3) is 11.2 Å². The minimum atomic E-state index is -0.465. The Hall–Kier alpha value is -2.75. The molecule has 164 valence electrons. The second-order valence-corrected chi connectivity index (χ2v) is 8.53. The molecule has 2 aliphatic heterocycles. The van der Waals surface area contributed by atoms with Crippen LogP contribution < -0.4 is 11.2 Å². The minimum absolute atomic E-state index is 0.409. The van der Waals surface area contributed by atoms with Crippen LogP contribution in [0.15, 0.2) is 46.4 Å². The Morgan fingerprint density at radius 2 is 1.94 bits per heavy atom. The lowest BCUT2D eigenvalue weighted by Gasteiger charge is -2.37. The maximum absolute atomic E-state index is 12.2. The molecule has 1 N–H and O–H groups in total. The zero-order chi connectivity index (χ0) is 21.2. The van der Waals surface area contributed by atoms with Gasteiger partial charge in [0.2, 0.25) is 0 Å². The van der Waals surface area contributed by atoms with Crippen molar-refractivity contribution in [2.75, 3.05) is 45.9 Å². The van der Waals surface area contributed by atoms with E-state index < -0.39 is 11.2 Å². The molecule has 0 spiro atoms. The molecule has 2 fully saturated rings. The van der Waals surface area contributed by atoms with Crippen LogP contribution in [0, 0.1) is 5.92 Å². The van der Waals surface area contributed by atoms with Crippen molar-refractivity contribution in [3.05, 3.63) is 63.2 Å². The Labute approximate surface area is 179 Å². The Balaban J connectivity index is 1.26. The number of hydrogen-bond acceptors (Lipinski definition) is 6. The number of pyridine rings is 1. The van der Waals surface area contributed by atoms with Gasteiger partial charge in [0, 0.05) is 64.3 Å². The van der Waals surface area contributed by atoms with Gasteiger partial charge in [0.05, 0.1) is 24.0 Å². The number of rotatable bonds is 5. The van der Waals surface area contributed by atoms with Crippen LogP contribution in [-0.4, -0.2) is 74.9 Å². The quantitative estimate of drug-likeness (QED) is 0.649. The summed E-state index contributed by atoms with van der Waals surface area (Å²) in [6, 6.07) is 5.49.